The van der Waals surface area contributed by atoms with Crippen molar-refractivity contribution >= 4 is 11.6 Å². The minimum atomic E-state index is 0.484. The molecular formula is C11H15ClN2. The fraction of sp³-hybridized carbons (Fsp3) is 0.636. The Labute approximate surface area is 89.7 Å². The molecule has 2 rings (SSSR count). The van der Waals surface area contributed by atoms with Gasteiger partial charge in [-0.3, -0.25) is 0 Å². The first-order chi connectivity index (χ1) is 6.79. The van der Waals surface area contributed by atoms with E-state index in [1.54, 1.807) is 0 Å². The third-order valence-corrected chi connectivity index (χ3v) is 3.20. The highest BCUT2D eigenvalue weighted by molar-refractivity contribution is 6.16. The third kappa shape index (κ3) is 2.06. The van der Waals surface area contributed by atoms with Crippen LogP contribution in [0.2, 0.25) is 0 Å². The summed E-state index contributed by atoms with van der Waals surface area (Å²) >= 11 is 5.74. The van der Waals surface area contributed by atoms with E-state index < -0.39 is 0 Å². The van der Waals surface area contributed by atoms with Gasteiger partial charge < -0.3 is 0 Å². The lowest BCUT2D eigenvalue weighted by atomic mass is 10.1. The van der Waals surface area contributed by atoms with Crippen LogP contribution in [0.5, 0.6) is 0 Å². The van der Waals surface area contributed by atoms with Crippen molar-refractivity contribution in [3.63, 3.8) is 0 Å². The van der Waals surface area contributed by atoms with Crippen LogP contribution in [-0.4, -0.2) is 9.97 Å². The molecule has 76 valence electrons. The van der Waals surface area contributed by atoms with Crippen LogP contribution in [-0.2, 0) is 5.88 Å². The molecule has 1 aromatic heterocycles. The molecule has 2 unspecified atom stereocenters. The van der Waals surface area contributed by atoms with Gasteiger partial charge in [0.2, 0.25) is 0 Å². The molecule has 0 aliphatic heterocycles. The molecule has 0 N–H and O–H groups in total. The van der Waals surface area contributed by atoms with Crippen LogP contribution < -0.4 is 0 Å². The summed E-state index contributed by atoms with van der Waals surface area (Å²) in [6.07, 6.45) is 5.58. The van der Waals surface area contributed by atoms with Crippen LogP contribution >= 0.6 is 11.6 Å². The number of alkyl halides is 1. The number of aromatic nitrogens is 2. The van der Waals surface area contributed by atoms with Crippen LogP contribution in [0.1, 0.15) is 43.6 Å². The van der Waals surface area contributed by atoms with Gasteiger partial charge in [-0.25, -0.2) is 9.97 Å². The van der Waals surface area contributed by atoms with Crippen molar-refractivity contribution in [2.75, 3.05) is 0 Å². The zero-order valence-corrected chi connectivity index (χ0v) is 9.17. The Bertz CT molecular complexity index is 314. The molecule has 1 aliphatic carbocycles. The summed E-state index contributed by atoms with van der Waals surface area (Å²) in [7, 11) is 0. The van der Waals surface area contributed by atoms with Crippen molar-refractivity contribution in [3.8, 4) is 0 Å². The molecule has 2 atom stereocenters. The summed E-state index contributed by atoms with van der Waals surface area (Å²) in [6.45, 7) is 2.30. The number of rotatable bonds is 2. The molecule has 1 heterocycles. The predicted molar refractivity (Wildman–Crippen MR) is 57.3 cm³/mol. The summed E-state index contributed by atoms with van der Waals surface area (Å²) in [4.78, 5) is 8.80. The Morgan fingerprint density at radius 2 is 2.36 bits per heavy atom. The predicted octanol–water partition coefficient (Wildman–Crippen LogP) is 3.12. The second-order valence-corrected chi connectivity index (χ2v) is 4.42. The van der Waals surface area contributed by atoms with Crippen LogP contribution in [0.25, 0.3) is 0 Å². The molecule has 0 amide bonds. The molecular weight excluding hydrogens is 196 g/mol. The van der Waals surface area contributed by atoms with Gasteiger partial charge in [-0.2, -0.15) is 0 Å². The molecule has 0 saturated heterocycles. The van der Waals surface area contributed by atoms with Gasteiger partial charge in [-0.05, 0) is 31.2 Å². The molecule has 2 nitrogen and oxygen atoms in total. The van der Waals surface area contributed by atoms with Gasteiger partial charge in [0.05, 0.1) is 11.6 Å². The lowest BCUT2D eigenvalue weighted by molar-refractivity contribution is 0.584. The van der Waals surface area contributed by atoms with E-state index in [-0.39, 0.29) is 0 Å². The van der Waals surface area contributed by atoms with E-state index >= 15 is 0 Å². The zero-order valence-electron chi connectivity index (χ0n) is 8.41. The Hall–Kier alpha value is -0.630. The highest BCUT2D eigenvalue weighted by Gasteiger charge is 2.24. The van der Waals surface area contributed by atoms with E-state index in [1.807, 2.05) is 12.3 Å². The van der Waals surface area contributed by atoms with Crippen LogP contribution in [0, 0.1) is 5.92 Å². The Balaban J connectivity index is 2.15. The van der Waals surface area contributed by atoms with Gasteiger partial charge in [0.25, 0.3) is 0 Å². The van der Waals surface area contributed by atoms with E-state index in [2.05, 4.69) is 16.9 Å². The van der Waals surface area contributed by atoms with Crippen molar-refractivity contribution in [2.24, 2.45) is 5.92 Å². The largest absolute Gasteiger partial charge is 0.241 e. The van der Waals surface area contributed by atoms with Gasteiger partial charge in [0.15, 0.2) is 0 Å². The third-order valence-electron chi connectivity index (χ3n) is 2.93. The minimum absolute atomic E-state index is 0.484. The first kappa shape index (κ1) is 9.91. The molecule has 1 aromatic rings. The van der Waals surface area contributed by atoms with Gasteiger partial charge in [0.1, 0.15) is 5.82 Å². The molecule has 1 aliphatic rings. The van der Waals surface area contributed by atoms with Gasteiger partial charge in [0, 0.05) is 12.1 Å². The molecule has 3 heteroatoms. The highest BCUT2D eigenvalue weighted by atomic mass is 35.5. The van der Waals surface area contributed by atoms with Gasteiger partial charge in [-0.15, -0.1) is 11.6 Å². The SMILES string of the molecule is CC1CCC(c2nccc(CCl)n2)C1. The van der Waals surface area contributed by atoms with E-state index in [9.17, 15) is 0 Å². The molecule has 0 aromatic carbocycles. The maximum Gasteiger partial charge on any atom is 0.131 e. The summed E-state index contributed by atoms with van der Waals surface area (Å²) in [5.41, 5.74) is 0.941. The summed E-state index contributed by atoms with van der Waals surface area (Å²) in [6, 6.07) is 1.88. The monoisotopic (exact) mass is 210 g/mol. The summed E-state index contributed by atoms with van der Waals surface area (Å²) < 4.78 is 0. The van der Waals surface area contributed by atoms with Crippen LogP contribution in [0.4, 0.5) is 0 Å². The standard InChI is InChI=1S/C11H15ClN2/c1-8-2-3-9(6-8)11-13-5-4-10(7-12)14-11/h4-5,8-9H,2-3,6-7H2,1H3. The maximum absolute atomic E-state index is 5.74. The first-order valence-corrected chi connectivity index (χ1v) is 5.71. The summed E-state index contributed by atoms with van der Waals surface area (Å²) in [5, 5.41) is 0. The van der Waals surface area contributed by atoms with Crippen LogP contribution in [0.15, 0.2) is 12.3 Å². The van der Waals surface area contributed by atoms with Crippen molar-refractivity contribution in [1.82, 2.24) is 9.97 Å². The molecule has 14 heavy (non-hydrogen) atoms. The lowest BCUT2D eigenvalue weighted by Crippen LogP contribution is -2.02. The quantitative estimate of drug-likeness (QED) is 0.701. The van der Waals surface area contributed by atoms with Crippen molar-refractivity contribution in [3.05, 3.63) is 23.8 Å². The number of halogens is 1. The molecule has 1 fully saturated rings. The molecule has 0 bridgehead atoms. The van der Waals surface area contributed by atoms with Gasteiger partial charge >= 0.3 is 0 Å². The number of hydrogen-bond acceptors (Lipinski definition) is 2. The smallest absolute Gasteiger partial charge is 0.131 e. The first-order valence-electron chi connectivity index (χ1n) is 5.17. The number of hydrogen-bond donors (Lipinski definition) is 0. The minimum Gasteiger partial charge on any atom is -0.241 e. The summed E-state index contributed by atoms with van der Waals surface area (Å²) in [5.74, 6) is 2.86. The highest BCUT2D eigenvalue weighted by Crippen LogP contribution is 2.36. The normalized spacial score (nSPS) is 26.7. The second kappa shape index (κ2) is 4.26. The van der Waals surface area contributed by atoms with Crippen molar-refractivity contribution in [2.45, 2.75) is 38.0 Å². The average Bonchev–Trinajstić information content (AvgIpc) is 2.65. The Morgan fingerprint density at radius 1 is 1.50 bits per heavy atom. The molecule has 0 spiro atoms. The molecule has 0 radical (unpaired) electrons. The fourth-order valence-electron chi connectivity index (χ4n) is 2.13. The van der Waals surface area contributed by atoms with Gasteiger partial charge in [-0.1, -0.05) is 6.92 Å². The lowest BCUT2D eigenvalue weighted by Gasteiger charge is -2.08. The zero-order chi connectivity index (χ0) is 9.97. The van der Waals surface area contributed by atoms with Crippen molar-refractivity contribution < 1.29 is 0 Å². The second-order valence-electron chi connectivity index (χ2n) is 4.15. The number of nitrogens with zero attached hydrogens (tertiary/aromatic N) is 2. The van der Waals surface area contributed by atoms with E-state index in [0.717, 1.165) is 17.4 Å². The maximum atomic E-state index is 5.74. The molecule has 1 saturated carbocycles. The van der Waals surface area contributed by atoms with E-state index in [4.69, 9.17) is 11.6 Å². The van der Waals surface area contributed by atoms with Crippen LogP contribution in [0.3, 0.4) is 0 Å². The van der Waals surface area contributed by atoms with Crippen molar-refractivity contribution in [1.29, 1.82) is 0 Å². The Kier molecular flexibility index (Phi) is 3.02. The van der Waals surface area contributed by atoms with E-state index in [1.165, 1.54) is 19.3 Å². The average molecular weight is 211 g/mol. The van der Waals surface area contributed by atoms with E-state index in [0.29, 0.717) is 11.8 Å². The fourth-order valence-corrected chi connectivity index (χ4v) is 2.27. The Morgan fingerprint density at radius 3 is 3.00 bits per heavy atom. The topological polar surface area (TPSA) is 25.8 Å².